The van der Waals surface area contributed by atoms with E-state index in [4.69, 9.17) is 9.92 Å². The van der Waals surface area contributed by atoms with Crippen molar-refractivity contribution < 1.29 is 9.04 Å². The minimum absolute atomic E-state index is 0.0336. The number of hydrogen-bond donors (Lipinski definition) is 0. The average molecular weight is 302 g/mol. The molecule has 0 saturated carbocycles. The molecule has 2 aromatic carbocycles. The lowest BCUT2D eigenvalue weighted by Crippen LogP contribution is -1.99. The van der Waals surface area contributed by atoms with Gasteiger partial charge in [0.05, 0.1) is 5.56 Å². The Hall–Kier alpha value is -3.13. The maximum Gasteiger partial charge on any atom is 0.366 e. The van der Waals surface area contributed by atoms with E-state index in [2.05, 4.69) is 4.98 Å². The monoisotopic (exact) mass is 302 g/mol. The van der Waals surface area contributed by atoms with Crippen molar-refractivity contribution in [2.45, 2.75) is 0 Å². The number of nitriles is 1. The largest absolute Gasteiger partial charge is 0.558 e. The van der Waals surface area contributed by atoms with Crippen LogP contribution in [0.25, 0.3) is 17.0 Å². The van der Waals surface area contributed by atoms with Gasteiger partial charge in [-0.25, -0.2) is 4.39 Å². The molecule has 0 bridgehead atoms. The molecule has 0 N–H and O–H groups in total. The lowest BCUT2D eigenvalue weighted by atomic mass is 9.98. The van der Waals surface area contributed by atoms with Crippen LogP contribution in [0.1, 0.15) is 11.1 Å². The van der Waals surface area contributed by atoms with Crippen molar-refractivity contribution in [1.29, 1.82) is 5.26 Å². The van der Waals surface area contributed by atoms with Crippen LogP contribution in [0.2, 0.25) is 0 Å². The highest BCUT2D eigenvalue weighted by molar-refractivity contribution is 6.37. The SMILES string of the molecule is N#Cc1cc(C=CBOc2cccc3cccnc23)ccc1F. The molecule has 0 spiro atoms. The van der Waals surface area contributed by atoms with Gasteiger partial charge in [-0.3, -0.25) is 4.98 Å². The van der Waals surface area contributed by atoms with Gasteiger partial charge in [0.2, 0.25) is 0 Å². The second kappa shape index (κ2) is 6.76. The number of para-hydroxylation sites is 1. The average Bonchev–Trinajstić information content (AvgIpc) is 2.60. The van der Waals surface area contributed by atoms with E-state index >= 15 is 0 Å². The first-order valence-electron chi connectivity index (χ1n) is 7.10. The molecule has 1 aromatic heterocycles. The van der Waals surface area contributed by atoms with Gasteiger partial charge >= 0.3 is 7.48 Å². The summed E-state index contributed by atoms with van der Waals surface area (Å²) in [7, 11) is 0.356. The lowest BCUT2D eigenvalue weighted by molar-refractivity contribution is 0.610. The number of hydrogen-bond acceptors (Lipinski definition) is 3. The molecule has 0 atom stereocenters. The third kappa shape index (κ3) is 3.38. The van der Waals surface area contributed by atoms with Gasteiger partial charge in [0, 0.05) is 11.6 Å². The van der Waals surface area contributed by atoms with Gasteiger partial charge < -0.3 is 4.65 Å². The van der Waals surface area contributed by atoms with Gasteiger partial charge in [-0.05, 0) is 29.8 Å². The number of halogens is 1. The molecule has 110 valence electrons. The Morgan fingerprint density at radius 3 is 2.91 bits per heavy atom. The number of nitrogens with zero attached hydrogens (tertiary/aromatic N) is 2. The molecule has 0 unspecified atom stereocenters. The third-order valence-electron chi connectivity index (χ3n) is 3.35. The van der Waals surface area contributed by atoms with E-state index in [0.717, 1.165) is 16.5 Å². The molecule has 3 aromatic rings. The molecule has 5 heteroatoms. The van der Waals surface area contributed by atoms with E-state index in [9.17, 15) is 4.39 Å². The first-order valence-corrected chi connectivity index (χ1v) is 7.10. The Labute approximate surface area is 133 Å². The molecule has 23 heavy (non-hydrogen) atoms. The first-order chi connectivity index (χ1) is 11.3. The zero-order valence-corrected chi connectivity index (χ0v) is 12.2. The number of aromatic nitrogens is 1. The Bertz CT molecular complexity index is 913. The Morgan fingerprint density at radius 2 is 2.04 bits per heavy atom. The van der Waals surface area contributed by atoms with E-state index in [1.54, 1.807) is 18.3 Å². The molecule has 0 radical (unpaired) electrons. The highest BCUT2D eigenvalue weighted by atomic mass is 19.1. The van der Waals surface area contributed by atoms with Crippen LogP contribution >= 0.6 is 0 Å². The maximum atomic E-state index is 13.2. The van der Waals surface area contributed by atoms with Crippen LogP contribution in [0.15, 0.2) is 60.7 Å². The van der Waals surface area contributed by atoms with Gasteiger partial charge in [0.1, 0.15) is 23.2 Å². The number of fused-ring (bicyclic) bond motifs is 1. The van der Waals surface area contributed by atoms with Crippen molar-refractivity contribution >= 4 is 24.5 Å². The highest BCUT2D eigenvalue weighted by Crippen LogP contribution is 2.22. The molecule has 0 aliphatic carbocycles. The van der Waals surface area contributed by atoms with Crippen molar-refractivity contribution in [3.8, 4) is 11.8 Å². The van der Waals surface area contributed by atoms with Crippen LogP contribution in [0.3, 0.4) is 0 Å². The summed E-state index contributed by atoms with van der Waals surface area (Å²) in [5, 5.41) is 9.84. The van der Waals surface area contributed by atoms with Crippen molar-refractivity contribution in [3.05, 3.63) is 77.6 Å². The summed E-state index contributed by atoms with van der Waals surface area (Å²) in [4.78, 5) is 4.32. The highest BCUT2D eigenvalue weighted by Gasteiger charge is 2.03. The van der Waals surface area contributed by atoms with Gasteiger partial charge in [-0.15, -0.1) is 0 Å². The van der Waals surface area contributed by atoms with Crippen LogP contribution in [-0.4, -0.2) is 12.5 Å². The molecule has 0 amide bonds. The van der Waals surface area contributed by atoms with Crippen LogP contribution in [0.4, 0.5) is 4.39 Å². The zero-order valence-electron chi connectivity index (χ0n) is 12.2. The predicted octanol–water partition coefficient (Wildman–Crippen LogP) is 3.65. The number of rotatable bonds is 4. The Balaban J connectivity index is 1.70. The summed E-state index contributed by atoms with van der Waals surface area (Å²) in [6.07, 6.45) is 3.52. The molecule has 0 aliphatic heterocycles. The van der Waals surface area contributed by atoms with Gasteiger partial charge in [0.25, 0.3) is 0 Å². The summed E-state index contributed by atoms with van der Waals surface area (Å²) >= 11 is 0. The molecular formula is C18H12BFN2O. The molecule has 3 rings (SSSR count). The van der Waals surface area contributed by atoms with Crippen molar-refractivity contribution in [2.75, 3.05) is 0 Å². The Kier molecular flexibility index (Phi) is 4.35. The quantitative estimate of drug-likeness (QED) is 0.691. The number of benzene rings is 2. The van der Waals surface area contributed by atoms with E-state index in [1.807, 2.05) is 42.4 Å². The zero-order chi connectivity index (χ0) is 16.1. The third-order valence-corrected chi connectivity index (χ3v) is 3.35. The molecule has 1 heterocycles. The van der Waals surface area contributed by atoms with Crippen molar-refractivity contribution in [1.82, 2.24) is 4.98 Å². The second-order valence-corrected chi connectivity index (χ2v) is 4.90. The minimum Gasteiger partial charge on any atom is -0.558 e. The fourth-order valence-electron chi connectivity index (χ4n) is 2.25. The summed E-state index contributed by atoms with van der Waals surface area (Å²) in [5.41, 5.74) is 1.60. The molecular weight excluding hydrogens is 290 g/mol. The summed E-state index contributed by atoms with van der Waals surface area (Å²) in [5.74, 6) is 2.02. The van der Waals surface area contributed by atoms with Gasteiger partial charge in [0.15, 0.2) is 0 Å². The summed E-state index contributed by atoms with van der Waals surface area (Å²) in [6.45, 7) is 0. The molecule has 0 fully saturated rings. The van der Waals surface area contributed by atoms with Crippen LogP contribution < -0.4 is 4.65 Å². The standard InChI is InChI=1S/C18H12BFN2O/c20-16-7-6-13(11-15(16)12-21)8-9-19-23-17-5-1-3-14-4-2-10-22-18(14)17/h1-11,19H. The molecule has 0 aliphatic rings. The molecule has 3 nitrogen and oxygen atoms in total. The van der Waals surface area contributed by atoms with Crippen LogP contribution in [0, 0.1) is 17.1 Å². The van der Waals surface area contributed by atoms with E-state index in [1.165, 1.54) is 12.1 Å². The Morgan fingerprint density at radius 1 is 1.17 bits per heavy atom. The van der Waals surface area contributed by atoms with E-state index < -0.39 is 5.82 Å². The van der Waals surface area contributed by atoms with E-state index in [-0.39, 0.29) is 5.56 Å². The fraction of sp³-hybridized carbons (Fsp3) is 0. The second-order valence-electron chi connectivity index (χ2n) is 4.90. The summed E-state index contributed by atoms with van der Waals surface area (Å²) in [6, 6.07) is 15.9. The normalized spacial score (nSPS) is 10.6. The fourth-order valence-corrected chi connectivity index (χ4v) is 2.25. The van der Waals surface area contributed by atoms with Crippen molar-refractivity contribution in [2.24, 2.45) is 0 Å². The smallest absolute Gasteiger partial charge is 0.366 e. The van der Waals surface area contributed by atoms with E-state index in [0.29, 0.717) is 13.2 Å². The lowest BCUT2D eigenvalue weighted by Gasteiger charge is -2.06. The predicted molar refractivity (Wildman–Crippen MR) is 89.7 cm³/mol. The van der Waals surface area contributed by atoms with Crippen LogP contribution in [0.5, 0.6) is 5.75 Å². The molecule has 0 saturated heterocycles. The van der Waals surface area contributed by atoms with Gasteiger partial charge in [-0.2, -0.15) is 5.26 Å². The maximum absolute atomic E-state index is 13.2. The summed E-state index contributed by atoms with van der Waals surface area (Å²) < 4.78 is 19.0. The number of pyridine rings is 1. The minimum atomic E-state index is -0.511. The van der Waals surface area contributed by atoms with Gasteiger partial charge in [-0.1, -0.05) is 36.3 Å². The topological polar surface area (TPSA) is 45.9 Å². The first kappa shape index (κ1) is 14.8. The van der Waals surface area contributed by atoms with Crippen molar-refractivity contribution in [3.63, 3.8) is 0 Å². The van der Waals surface area contributed by atoms with Crippen LogP contribution in [-0.2, 0) is 0 Å².